The summed E-state index contributed by atoms with van der Waals surface area (Å²) in [4.78, 5) is 15.7. The normalized spacial score (nSPS) is 12.5. The molecule has 0 N–H and O–H groups in total. The van der Waals surface area contributed by atoms with Crippen molar-refractivity contribution in [2.75, 3.05) is 24.4 Å². The molecule has 0 radical (unpaired) electrons. The summed E-state index contributed by atoms with van der Waals surface area (Å²) in [7, 11) is 1.61. The van der Waals surface area contributed by atoms with E-state index in [-0.39, 0.29) is 22.8 Å². The highest BCUT2D eigenvalue weighted by atomic mass is 79.9. The van der Waals surface area contributed by atoms with Crippen molar-refractivity contribution >= 4 is 40.2 Å². The molecule has 0 unspecified atom stereocenters. The fourth-order valence-electron chi connectivity index (χ4n) is 2.25. The molecular weight excluding hydrogens is 350 g/mol. The van der Waals surface area contributed by atoms with Gasteiger partial charge >= 0.3 is 0 Å². The summed E-state index contributed by atoms with van der Waals surface area (Å²) < 4.78 is 5.16. The summed E-state index contributed by atoms with van der Waals surface area (Å²) in [6, 6.07) is 15.5. The third-order valence-corrected chi connectivity index (χ3v) is 4.41. The topological polar surface area (TPSA) is 29.5 Å². The molecule has 3 nitrogen and oxygen atoms in total. The molecule has 21 heavy (non-hydrogen) atoms. The van der Waals surface area contributed by atoms with Crippen molar-refractivity contribution in [3.8, 4) is 5.75 Å². The van der Waals surface area contributed by atoms with E-state index < -0.39 is 0 Å². The van der Waals surface area contributed by atoms with Crippen LogP contribution in [0.5, 0.6) is 5.75 Å². The van der Waals surface area contributed by atoms with Gasteiger partial charge in [-0.25, -0.2) is 0 Å². The van der Waals surface area contributed by atoms with Gasteiger partial charge in [0.25, 0.3) is 0 Å². The lowest BCUT2D eigenvalue weighted by Crippen LogP contribution is -2.27. The number of para-hydroxylation sites is 1. The Morgan fingerprint density at radius 3 is 2.86 bits per heavy atom. The molecule has 1 heterocycles. The molecule has 110 valence electrons. The molecule has 0 amide bonds. The van der Waals surface area contributed by atoms with E-state index in [2.05, 4.69) is 17.0 Å². The van der Waals surface area contributed by atoms with Gasteiger partial charge in [-0.3, -0.25) is 4.79 Å². The molecule has 0 atom stereocenters. The number of carbonyl (C=O) groups is 1. The zero-order valence-electron chi connectivity index (χ0n) is 11.6. The number of methoxy groups -OCH3 is 1. The van der Waals surface area contributed by atoms with Gasteiger partial charge in [-0.2, -0.15) is 0 Å². The van der Waals surface area contributed by atoms with E-state index in [1.807, 2.05) is 30.3 Å². The van der Waals surface area contributed by atoms with Crippen molar-refractivity contribution in [2.24, 2.45) is 0 Å². The summed E-state index contributed by atoms with van der Waals surface area (Å²) >= 11 is 1.77. The smallest absolute Gasteiger partial charge is 0.182 e. The maximum atomic E-state index is 12.4. The van der Waals surface area contributed by atoms with E-state index in [1.165, 1.54) is 4.90 Å². The van der Waals surface area contributed by atoms with Crippen LogP contribution in [0.3, 0.4) is 0 Å². The SMILES string of the molecule is Br.COc1cccc(C(=O)CN2CSc3ccccc32)c1. The highest BCUT2D eigenvalue weighted by molar-refractivity contribution is 8.93. The number of fused-ring (bicyclic) bond motifs is 1. The summed E-state index contributed by atoms with van der Waals surface area (Å²) in [5, 5.41) is 0. The van der Waals surface area contributed by atoms with Crippen molar-refractivity contribution in [3.05, 3.63) is 54.1 Å². The van der Waals surface area contributed by atoms with Crippen molar-refractivity contribution in [2.45, 2.75) is 4.90 Å². The molecule has 0 aliphatic carbocycles. The average Bonchev–Trinajstić information content (AvgIpc) is 2.90. The Kier molecular flexibility index (Phi) is 5.31. The van der Waals surface area contributed by atoms with E-state index in [0.29, 0.717) is 17.9 Å². The van der Waals surface area contributed by atoms with Crippen LogP contribution in [0, 0.1) is 0 Å². The van der Waals surface area contributed by atoms with Crippen LogP contribution in [0.2, 0.25) is 0 Å². The molecule has 5 heteroatoms. The second-order valence-electron chi connectivity index (χ2n) is 4.59. The lowest BCUT2D eigenvalue weighted by Gasteiger charge is -2.17. The number of hydrogen-bond acceptors (Lipinski definition) is 4. The van der Waals surface area contributed by atoms with Crippen molar-refractivity contribution in [1.82, 2.24) is 0 Å². The summed E-state index contributed by atoms with van der Waals surface area (Å²) in [6.45, 7) is 0.400. The minimum atomic E-state index is 0. The predicted octanol–water partition coefficient (Wildman–Crippen LogP) is 4.03. The quantitative estimate of drug-likeness (QED) is 0.765. The number of Topliss-reactive ketones (excluding diaryl/α,β-unsaturated/α-hetero) is 1. The zero-order chi connectivity index (χ0) is 13.9. The van der Waals surface area contributed by atoms with Crippen LogP contribution in [0.15, 0.2) is 53.4 Å². The van der Waals surface area contributed by atoms with Crippen LogP contribution in [-0.2, 0) is 0 Å². The van der Waals surface area contributed by atoms with Gasteiger partial charge in [0.15, 0.2) is 5.78 Å². The monoisotopic (exact) mass is 365 g/mol. The second-order valence-corrected chi connectivity index (χ2v) is 5.58. The maximum Gasteiger partial charge on any atom is 0.182 e. The lowest BCUT2D eigenvalue weighted by atomic mass is 10.1. The minimum Gasteiger partial charge on any atom is -0.497 e. The van der Waals surface area contributed by atoms with Gasteiger partial charge in [-0.1, -0.05) is 24.3 Å². The molecule has 0 fully saturated rings. The fourth-order valence-corrected chi connectivity index (χ4v) is 3.29. The largest absolute Gasteiger partial charge is 0.497 e. The second kappa shape index (κ2) is 7.00. The number of rotatable bonds is 4. The van der Waals surface area contributed by atoms with E-state index in [9.17, 15) is 4.79 Å². The van der Waals surface area contributed by atoms with Crippen LogP contribution in [0.1, 0.15) is 10.4 Å². The first-order valence-corrected chi connectivity index (χ1v) is 7.40. The molecule has 1 aliphatic rings. The first kappa shape index (κ1) is 15.9. The Hall–Kier alpha value is -1.46. The highest BCUT2D eigenvalue weighted by Crippen LogP contribution is 2.37. The molecule has 0 bridgehead atoms. The number of ketones is 1. The first-order valence-electron chi connectivity index (χ1n) is 6.42. The van der Waals surface area contributed by atoms with Crippen LogP contribution in [-0.4, -0.2) is 25.3 Å². The molecule has 0 aromatic heterocycles. The fraction of sp³-hybridized carbons (Fsp3) is 0.188. The molecular formula is C16H16BrNO2S. The lowest BCUT2D eigenvalue weighted by molar-refractivity contribution is 0.1000. The third-order valence-electron chi connectivity index (χ3n) is 3.31. The van der Waals surface area contributed by atoms with Crippen LogP contribution < -0.4 is 9.64 Å². The van der Waals surface area contributed by atoms with Gasteiger partial charge in [0.1, 0.15) is 5.75 Å². The Morgan fingerprint density at radius 1 is 1.24 bits per heavy atom. The van der Waals surface area contributed by atoms with Crippen molar-refractivity contribution in [3.63, 3.8) is 0 Å². The minimum absolute atomic E-state index is 0. The maximum absolute atomic E-state index is 12.4. The van der Waals surface area contributed by atoms with Gasteiger partial charge in [0.2, 0.25) is 0 Å². The van der Waals surface area contributed by atoms with Crippen LogP contribution in [0.25, 0.3) is 0 Å². The van der Waals surface area contributed by atoms with Crippen molar-refractivity contribution in [1.29, 1.82) is 0 Å². The Balaban J connectivity index is 0.00000161. The number of thioether (sulfide) groups is 1. The Morgan fingerprint density at radius 2 is 2.05 bits per heavy atom. The summed E-state index contributed by atoms with van der Waals surface area (Å²) in [5.74, 6) is 1.66. The first-order chi connectivity index (χ1) is 9.78. The van der Waals surface area contributed by atoms with Gasteiger partial charge in [0, 0.05) is 10.5 Å². The Labute approximate surface area is 139 Å². The highest BCUT2D eigenvalue weighted by Gasteiger charge is 2.21. The van der Waals surface area contributed by atoms with Crippen LogP contribution in [0.4, 0.5) is 5.69 Å². The van der Waals surface area contributed by atoms with Gasteiger partial charge in [-0.15, -0.1) is 28.7 Å². The molecule has 2 aromatic rings. The van der Waals surface area contributed by atoms with Gasteiger partial charge in [0.05, 0.1) is 25.2 Å². The number of nitrogens with zero attached hydrogens (tertiary/aromatic N) is 1. The standard InChI is InChI=1S/C16H15NO2S.BrH/c1-19-13-6-4-5-12(9-13)15(18)10-17-11-20-16-8-3-2-7-14(16)17;/h2-9H,10-11H2,1H3;1H. The predicted molar refractivity (Wildman–Crippen MR) is 92.2 cm³/mol. The molecule has 0 saturated heterocycles. The Bertz CT molecular complexity index is 648. The number of carbonyl (C=O) groups excluding carboxylic acids is 1. The molecule has 3 rings (SSSR count). The number of benzene rings is 2. The number of halogens is 1. The average molecular weight is 366 g/mol. The van der Waals surface area contributed by atoms with E-state index >= 15 is 0 Å². The molecule has 2 aromatic carbocycles. The van der Waals surface area contributed by atoms with Crippen LogP contribution >= 0.6 is 28.7 Å². The molecule has 0 spiro atoms. The number of hydrogen-bond donors (Lipinski definition) is 0. The summed E-state index contributed by atoms with van der Waals surface area (Å²) in [6.07, 6.45) is 0. The molecule has 1 aliphatic heterocycles. The number of ether oxygens (including phenoxy) is 1. The van der Waals surface area contributed by atoms with E-state index in [4.69, 9.17) is 4.74 Å². The summed E-state index contributed by atoms with van der Waals surface area (Å²) in [5.41, 5.74) is 1.84. The third kappa shape index (κ3) is 3.41. The van der Waals surface area contributed by atoms with Crippen molar-refractivity contribution < 1.29 is 9.53 Å². The van der Waals surface area contributed by atoms with Gasteiger partial charge < -0.3 is 9.64 Å². The number of anilines is 1. The zero-order valence-corrected chi connectivity index (χ0v) is 14.1. The molecule has 0 saturated carbocycles. The van der Waals surface area contributed by atoms with E-state index in [1.54, 1.807) is 24.9 Å². The van der Waals surface area contributed by atoms with E-state index in [0.717, 1.165) is 11.6 Å². The van der Waals surface area contributed by atoms with Gasteiger partial charge in [-0.05, 0) is 24.3 Å².